The van der Waals surface area contributed by atoms with Crippen LogP contribution in [0, 0.1) is 0 Å². The molecule has 0 fully saturated rings. The number of fused-ring (bicyclic) bond motifs is 1. The van der Waals surface area contributed by atoms with E-state index in [-0.39, 0.29) is 0 Å². The molecule has 0 unspecified atom stereocenters. The lowest BCUT2D eigenvalue weighted by molar-refractivity contribution is -0.674. The predicted molar refractivity (Wildman–Crippen MR) is 67.3 cm³/mol. The van der Waals surface area contributed by atoms with Crippen LogP contribution in [0.25, 0.3) is 22.2 Å². The lowest BCUT2D eigenvalue weighted by Crippen LogP contribution is -2.26. The van der Waals surface area contributed by atoms with Gasteiger partial charge in [0.05, 0.1) is 18.8 Å². The van der Waals surface area contributed by atoms with Crippen LogP contribution in [0.2, 0.25) is 0 Å². The van der Waals surface area contributed by atoms with E-state index in [1.165, 1.54) is 16.5 Å². The Hall–Kier alpha value is -2.16. The van der Waals surface area contributed by atoms with Crippen molar-refractivity contribution in [1.82, 2.24) is 9.55 Å². The van der Waals surface area contributed by atoms with Crippen LogP contribution < -0.4 is 4.57 Å². The van der Waals surface area contributed by atoms with Gasteiger partial charge in [0.25, 0.3) is 6.33 Å². The first-order chi connectivity index (χ1) is 8.25. The largest absolute Gasteiger partial charge is 0.350 e. The fourth-order valence-electron chi connectivity index (χ4n) is 2.13. The van der Waals surface area contributed by atoms with Crippen LogP contribution in [0.1, 0.15) is 0 Å². The Morgan fingerprint density at radius 2 is 2.00 bits per heavy atom. The fraction of sp³-hybridized carbons (Fsp3) is 0.143. The van der Waals surface area contributed by atoms with Gasteiger partial charge in [0, 0.05) is 30.2 Å². The Balaban J connectivity index is 2.27. The zero-order valence-corrected chi connectivity index (χ0v) is 9.96. The number of para-hydroxylation sites is 1. The van der Waals surface area contributed by atoms with Gasteiger partial charge in [-0.1, -0.05) is 18.2 Å². The molecule has 0 saturated carbocycles. The van der Waals surface area contributed by atoms with Crippen molar-refractivity contribution >= 4 is 10.9 Å². The molecule has 3 aromatic rings. The van der Waals surface area contributed by atoms with Gasteiger partial charge in [0.15, 0.2) is 5.69 Å². The van der Waals surface area contributed by atoms with E-state index in [4.69, 9.17) is 0 Å². The van der Waals surface area contributed by atoms with E-state index in [0.717, 1.165) is 5.69 Å². The zero-order valence-electron chi connectivity index (χ0n) is 9.96. The Kier molecular flexibility index (Phi) is 2.18. The van der Waals surface area contributed by atoms with Crippen LogP contribution in [0.5, 0.6) is 0 Å². The Morgan fingerprint density at radius 1 is 1.18 bits per heavy atom. The molecule has 0 aliphatic heterocycles. The minimum Gasteiger partial charge on any atom is -0.350 e. The average Bonchev–Trinajstić information content (AvgIpc) is 2.69. The van der Waals surface area contributed by atoms with Crippen LogP contribution in [0.3, 0.4) is 0 Å². The van der Waals surface area contributed by atoms with E-state index in [0.29, 0.717) is 0 Å². The van der Waals surface area contributed by atoms with E-state index in [2.05, 4.69) is 47.1 Å². The molecule has 0 radical (unpaired) electrons. The van der Waals surface area contributed by atoms with Crippen molar-refractivity contribution in [3.63, 3.8) is 0 Å². The molecule has 3 heteroatoms. The fourth-order valence-corrected chi connectivity index (χ4v) is 2.13. The van der Waals surface area contributed by atoms with Crippen molar-refractivity contribution < 1.29 is 4.57 Å². The van der Waals surface area contributed by atoms with Gasteiger partial charge in [-0.2, -0.15) is 0 Å². The van der Waals surface area contributed by atoms with E-state index >= 15 is 0 Å². The zero-order chi connectivity index (χ0) is 11.8. The third-order valence-corrected chi connectivity index (χ3v) is 3.02. The lowest BCUT2D eigenvalue weighted by atomic mass is 10.1. The van der Waals surface area contributed by atoms with Gasteiger partial charge in [0.1, 0.15) is 0 Å². The standard InChI is InChI=1S/C14H14N3/c1-16-8-7-13(15-10-16)12-9-17(2)14-6-4-3-5-11(12)14/h3-10H,1-2H3/q+1. The molecular formula is C14H14N3+. The highest BCUT2D eigenvalue weighted by Crippen LogP contribution is 2.27. The third-order valence-electron chi connectivity index (χ3n) is 3.02. The summed E-state index contributed by atoms with van der Waals surface area (Å²) < 4.78 is 4.08. The van der Waals surface area contributed by atoms with E-state index in [1.807, 2.05) is 30.2 Å². The van der Waals surface area contributed by atoms with Crippen LogP contribution in [-0.4, -0.2) is 9.55 Å². The first-order valence-corrected chi connectivity index (χ1v) is 5.61. The molecule has 0 bridgehead atoms. The molecule has 0 atom stereocenters. The summed E-state index contributed by atoms with van der Waals surface area (Å²) in [6, 6.07) is 10.4. The second-order valence-electron chi connectivity index (χ2n) is 4.28. The molecular weight excluding hydrogens is 210 g/mol. The summed E-state index contributed by atoms with van der Waals surface area (Å²) >= 11 is 0. The number of rotatable bonds is 1. The SMILES string of the molecule is Cn1cc(-c2cc[n+](C)cn2)c2ccccc21. The maximum Gasteiger partial charge on any atom is 0.286 e. The van der Waals surface area contributed by atoms with Crippen molar-refractivity contribution in [2.45, 2.75) is 0 Å². The molecule has 0 aliphatic rings. The second kappa shape index (κ2) is 3.70. The monoisotopic (exact) mass is 224 g/mol. The summed E-state index contributed by atoms with van der Waals surface area (Å²) in [6.45, 7) is 0. The highest BCUT2D eigenvalue weighted by atomic mass is 15.0. The molecule has 3 nitrogen and oxygen atoms in total. The Labute approximate surface area is 100.0 Å². The van der Waals surface area contributed by atoms with Gasteiger partial charge in [0.2, 0.25) is 0 Å². The van der Waals surface area contributed by atoms with Gasteiger partial charge < -0.3 is 4.57 Å². The van der Waals surface area contributed by atoms with Crippen molar-refractivity contribution in [3.8, 4) is 11.3 Å². The van der Waals surface area contributed by atoms with Gasteiger partial charge in [-0.05, 0) is 11.1 Å². The number of hydrogen-bond donors (Lipinski definition) is 0. The third kappa shape index (κ3) is 1.60. The molecule has 2 aromatic heterocycles. The molecule has 0 aliphatic carbocycles. The Morgan fingerprint density at radius 3 is 2.76 bits per heavy atom. The highest BCUT2D eigenvalue weighted by molar-refractivity contribution is 5.94. The highest BCUT2D eigenvalue weighted by Gasteiger charge is 2.12. The molecule has 84 valence electrons. The number of nitrogens with zero attached hydrogens (tertiary/aromatic N) is 3. The van der Waals surface area contributed by atoms with E-state index in [1.54, 1.807) is 0 Å². The lowest BCUT2D eigenvalue weighted by Gasteiger charge is -1.94. The van der Waals surface area contributed by atoms with Crippen molar-refractivity contribution in [1.29, 1.82) is 0 Å². The predicted octanol–water partition coefficient (Wildman–Crippen LogP) is 2.06. The summed E-state index contributed by atoms with van der Waals surface area (Å²) in [5.74, 6) is 0. The average molecular weight is 224 g/mol. The van der Waals surface area contributed by atoms with Crippen LogP contribution in [-0.2, 0) is 14.1 Å². The maximum atomic E-state index is 4.46. The van der Waals surface area contributed by atoms with Gasteiger partial charge in [-0.25, -0.2) is 4.57 Å². The summed E-state index contributed by atoms with van der Waals surface area (Å²) in [4.78, 5) is 4.46. The van der Waals surface area contributed by atoms with Crippen molar-refractivity contribution in [3.05, 3.63) is 49.1 Å². The molecule has 0 N–H and O–H groups in total. The molecule has 2 heterocycles. The quantitative estimate of drug-likeness (QED) is 0.580. The van der Waals surface area contributed by atoms with Crippen LogP contribution in [0.4, 0.5) is 0 Å². The molecule has 0 saturated heterocycles. The topological polar surface area (TPSA) is 21.7 Å². The minimum atomic E-state index is 1.01. The van der Waals surface area contributed by atoms with Gasteiger partial charge in [-0.3, -0.25) is 0 Å². The molecule has 1 aromatic carbocycles. The first-order valence-electron chi connectivity index (χ1n) is 5.61. The van der Waals surface area contributed by atoms with Gasteiger partial charge in [-0.15, -0.1) is 0 Å². The summed E-state index contributed by atoms with van der Waals surface area (Å²) in [7, 11) is 4.04. The summed E-state index contributed by atoms with van der Waals surface area (Å²) in [6.07, 6.45) is 5.98. The minimum absolute atomic E-state index is 1.01. The number of aryl methyl sites for hydroxylation is 2. The number of hydrogen-bond acceptors (Lipinski definition) is 1. The van der Waals surface area contributed by atoms with Crippen molar-refractivity contribution in [2.75, 3.05) is 0 Å². The van der Waals surface area contributed by atoms with Gasteiger partial charge >= 0.3 is 0 Å². The number of benzene rings is 1. The molecule has 3 rings (SSSR count). The smallest absolute Gasteiger partial charge is 0.286 e. The normalized spacial score (nSPS) is 10.9. The first kappa shape index (κ1) is 10.0. The molecule has 0 amide bonds. The van der Waals surface area contributed by atoms with Crippen LogP contribution >= 0.6 is 0 Å². The maximum absolute atomic E-state index is 4.46. The number of aromatic nitrogens is 3. The van der Waals surface area contributed by atoms with E-state index in [9.17, 15) is 0 Å². The van der Waals surface area contributed by atoms with E-state index < -0.39 is 0 Å². The molecule has 17 heavy (non-hydrogen) atoms. The molecule has 0 spiro atoms. The summed E-state index contributed by atoms with van der Waals surface area (Å²) in [5.41, 5.74) is 3.43. The Bertz CT molecular complexity index is 666. The second-order valence-corrected chi connectivity index (χ2v) is 4.28. The van der Waals surface area contributed by atoms with Crippen LogP contribution in [0.15, 0.2) is 49.1 Å². The summed E-state index contributed by atoms with van der Waals surface area (Å²) in [5, 5.41) is 1.25. The van der Waals surface area contributed by atoms with Crippen molar-refractivity contribution in [2.24, 2.45) is 14.1 Å².